The van der Waals surface area contributed by atoms with Crippen LogP contribution < -0.4 is 16.0 Å². The lowest BCUT2D eigenvalue weighted by molar-refractivity contribution is -0.120. The highest BCUT2D eigenvalue weighted by molar-refractivity contribution is 6.05. The number of carbonyl (C=O) groups excluding carboxylic acids is 3. The van der Waals surface area contributed by atoms with Crippen molar-refractivity contribution in [2.75, 3.05) is 17.2 Å². The second-order valence-corrected chi connectivity index (χ2v) is 7.46. The number of nitrogens with one attached hydrogen (secondary N) is 3. The molecule has 2 aromatic rings. The number of amides is 2. The summed E-state index contributed by atoms with van der Waals surface area (Å²) in [6.07, 6.45) is 0.512. The van der Waals surface area contributed by atoms with Crippen molar-refractivity contribution < 1.29 is 14.4 Å². The normalized spacial score (nSPS) is 12.6. The topological polar surface area (TPSA) is 87.3 Å². The summed E-state index contributed by atoms with van der Waals surface area (Å²) in [4.78, 5) is 36.9. The van der Waals surface area contributed by atoms with Crippen molar-refractivity contribution in [3.05, 3.63) is 59.2 Å². The number of ketones is 1. The highest BCUT2D eigenvalue weighted by Crippen LogP contribution is 2.26. The summed E-state index contributed by atoms with van der Waals surface area (Å²) in [5.41, 5.74) is 2.73. The average molecular weight is 396 g/mol. The molecule has 0 aromatic heterocycles. The van der Waals surface area contributed by atoms with Gasteiger partial charge in [-0.3, -0.25) is 14.4 Å². The summed E-state index contributed by atoms with van der Waals surface area (Å²) in [5, 5.41) is 8.78. The molecule has 6 nitrogen and oxygen atoms in total. The molecule has 0 heterocycles. The predicted octanol–water partition coefficient (Wildman–Crippen LogP) is 3.84. The maximum atomic E-state index is 13.1. The summed E-state index contributed by atoms with van der Waals surface area (Å²) in [7, 11) is 0. The van der Waals surface area contributed by atoms with Gasteiger partial charge in [0.1, 0.15) is 5.54 Å². The van der Waals surface area contributed by atoms with Crippen LogP contribution in [-0.4, -0.2) is 29.7 Å². The monoisotopic (exact) mass is 395 g/mol. The number of aryl methyl sites for hydroxylation is 2. The fraction of sp³-hybridized carbons (Fsp3) is 0.348. The molecule has 29 heavy (non-hydrogen) atoms. The van der Waals surface area contributed by atoms with Gasteiger partial charge in [0.15, 0.2) is 5.78 Å². The SMILES string of the molecule is CCC(C)(Nc1ccc(C)cc1C(=O)CNC(C)=O)C(=O)Nc1ccccc1C. The first-order valence-electron chi connectivity index (χ1n) is 9.70. The molecule has 3 N–H and O–H groups in total. The summed E-state index contributed by atoms with van der Waals surface area (Å²) < 4.78 is 0. The summed E-state index contributed by atoms with van der Waals surface area (Å²) in [6.45, 7) is 8.83. The highest BCUT2D eigenvalue weighted by Gasteiger charge is 2.32. The van der Waals surface area contributed by atoms with Gasteiger partial charge in [-0.05, 0) is 51.0 Å². The Labute approximate surface area is 172 Å². The molecule has 0 saturated heterocycles. The van der Waals surface area contributed by atoms with E-state index in [0.717, 1.165) is 16.8 Å². The standard InChI is InChI=1S/C23H29N3O3/c1-6-23(5,22(29)25-19-10-8-7-9-16(19)3)26-20-12-11-15(2)13-18(20)21(28)14-24-17(4)27/h7-13,26H,6,14H2,1-5H3,(H,24,27)(H,25,29). The van der Waals surface area contributed by atoms with Crippen LogP contribution in [0.15, 0.2) is 42.5 Å². The lowest BCUT2D eigenvalue weighted by Gasteiger charge is -2.31. The predicted molar refractivity (Wildman–Crippen MR) is 116 cm³/mol. The second-order valence-electron chi connectivity index (χ2n) is 7.46. The second kappa shape index (κ2) is 9.37. The molecule has 2 rings (SSSR count). The molecule has 0 fully saturated rings. The number of anilines is 2. The molecule has 2 amide bonds. The Morgan fingerprint density at radius 3 is 2.31 bits per heavy atom. The van der Waals surface area contributed by atoms with Crippen LogP contribution in [0.25, 0.3) is 0 Å². The van der Waals surface area contributed by atoms with Crippen molar-refractivity contribution in [3.63, 3.8) is 0 Å². The van der Waals surface area contributed by atoms with Gasteiger partial charge in [0.2, 0.25) is 11.8 Å². The van der Waals surface area contributed by atoms with Crippen LogP contribution in [0.1, 0.15) is 48.7 Å². The summed E-state index contributed by atoms with van der Waals surface area (Å²) in [5.74, 6) is -0.671. The van der Waals surface area contributed by atoms with E-state index >= 15 is 0 Å². The Balaban J connectivity index is 2.29. The quantitative estimate of drug-likeness (QED) is 0.593. The van der Waals surface area contributed by atoms with Crippen molar-refractivity contribution in [1.29, 1.82) is 0 Å². The van der Waals surface area contributed by atoms with E-state index in [-0.39, 0.29) is 24.1 Å². The first-order valence-corrected chi connectivity index (χ1v) is 9.70. The third-order valence-electron chi connectivity index (χ3n) is 4.99. The maximum absolute atomic E-state index is 13.1. The maximum Gasteiger partial charge on any atom is 0.249 e. The Morgan fingerprint density at radius 2 is 1.69 bits per heavy atom. The molecule has 1 unspecified atom stereocenters. The van der Waals surface area contributed by atoms with E-state index in [1.807, 2.05) is 58.0 Å². The van der Waals surface area contributed by atoms with Crippen LogP contribution in [0, 0.1) is 13.8 Å². The van der Waals surface area contributed by atoms with Gasteiger partial charge in [-0.2, -0.15) is 0 Å². The molecule has 0 spiro atoms. The van der Waals surface area contributed by atoms with E-state index in [1.54, 1.807) is 12.1 Å². The van der Waals surface area contributed by atoms with E-state index in [0.29, 0.717) is 17.7 Å². The molecule has 6 heteroatoms. The van der Waals surface area contributed by atoms with Gasteiger partial charge >= 0.3 is 0 Å². The minimum atomic E-state index is -0.930. The molecule has 1 atom stereocenters. The van der Waals surface area contributed by atoms with Crippen molar-refractivity contribution in [1.82, 2.24) is 5.32 Å². The Hall–Kier alpha value is -3.15. The molecule has 0 bridgehead atoms. The van der Waals surface area contributed by atoms with Gasteiger partial charge in [0, 0.05) is 23.9 Å². The molecule has 2 aromatic carbocycles. The zero-order valence-electron chi connectivity index (χ0n) is 17.7. The van der Waals surface area contributed by atoms with Gasteiger partial charge < -0.3 is 16.0 Å². The van der Waals surface area contributed by atoms with E-state index in [9.17, 15) is 14.4 Å². The van der Waals surface area contributed by atoms with Gasteiger partial charge in [0.05, 0.1) is 6.54 Å². The molecule has 0 aliphatic carbocycles. The van der Waals surface area contributed by atoms with Crippen molar-refractivity contribution in [2.24, 2.45) is 0 Å². The lowest BCUT2D eigenvalue weighted by atomic mass is 9.95. The number of hydrogen-bond acceptors (Lipinski definition) is 4. The smallest absolute Gasteiger partial charge is 0.249 e. The third-order valence-corrected chi connectivity index (χ3v) is 4.99. The van der Waals surface area contributed by atoms with Gasteiger partial charge in [-0.15, -0.1) is 0 Å². The fourth-order valence-corrected chi connectivity index (χ4v) is 2.87. The van der Waals surface area contributed by atoms with Crippen LogP contribution in [0.3, 0.4) is 0 Å². The zero-order chi connectivity index (χ0) is 21.6. The molecule has 0 saturated carbocycles. The number of benzene rings is 2. The molecule has 0 radical (unpaired) electrons. The highest BCUT2D eigenvalue weighted by atomic mass is 16.2. The molecule has 0 aliphatic rings. The third kappa shape index (κ3) is 5.67. The summed E-state index contributed by atoms with van der Waals surface area (Å²) in [6, 6.07) is 13.0. The number of para-hydroxylation sites is 1. The van der Waals surface area contributed by atoms with Crippen molar-refractivity contribution in [2.45, 2.75) is 46.6 Å². The first-order chi connectivity index (χ1) is 13.7. The molecular formula is C23H29N3O3. The van der Waals surface area contributed by atoms with Crippen LogP contribution >= 0.6 is 0 Å². The van der Waals surface area contributed by atoms with E-state index in [2.05, 4.69) is 16.0 Å². The zero-order valence-corrected chi connectivity index (χ0v) is 17.7. The molecule has 154 valence electrons. The number of carbonyl (C=O) groups is 3. The largest absolute Gasteiger partial charge is 0.371 e. The molecular weight excluding hydrogens is 366 g/mol. The van der Waals surface area contributed by atoms with Crippen molar-refractivity contribution in [3.8, 4) is 0 Å². The van der Waals surface area contributed by atoms with Gasteiger partial charge in [0.25, 0.3) is 0 Å². The van der Waals surface area contributed by atoms with Crippen molar-refractivity contribution >= 4 is 29.0 Å². The van der Waals surface area contributed by atoms with Crippen LogP contribution in [0.4, 0.5) is 11.4 Å². The Morgan fingerprint density at radius 1 is 1.00 bits per heavy atom. The molecule has 0 aliphatic heterocycles. The van der Waals surface area contributed by atoms with Crippen LogP contribution in [0.5, 0.6) is 0 Å². The number of Topliss-reactive ketones (excluding diaryl/α,β-unsaturated/α-hetero) is 1. The van der Waals surface area contributed by atoms with Gasteiger partial charge in [-0.1, -0.05) is 36.8 Å². The van der Waals surface area contributed by atoms with E-state index in [4.69, 9.17) is 0 Å². The Bertz CT molecular complexity index is 923. The fourth-order valence-electron chi connectivity index (χ4n) is 2.87. The summed E-state index contributed by atoms with van der Waals surface area (Å²) >= 11 is 0. The van der Waals surface area contributed by atoms with E-state index in [1.165, 1.54) is 6.92 Å². The minimum absolute atomic E-state index is 0.0916. The average Bonchev–Trinajstić information content (AvgIpc) is 2.69. The van der Waals surface area contributed by atoms with Crippen LogP contribution in [-0.2, 0) is 9.59 Å². The van der Waals surface area contributed by atoms with Gasteiger partial charge in [-0.25, -0.2) is 0 Å². The van der Waals surface area contributed by atoms with Crippen LogP contribution in [0.2, 0.25) is 0 Å². The number of rotatable bonds is 8. The lowest BCUT2D eigenvalue weighted by Crippen LogP contribution is -2.47. The minimum Gasteiger partial charge on any atom is -0.371 e. The Kier molecular flexibility index (Phi) is 7.15. The van der Waals surface area contributed by atoms with E-state index < -0.39 is 5.54 Å². The number of hydrogen-bond donors (Lipinski definition) is 3. The first kappa shape index (κ1) is 22.1.